The number of hydrogen-bond donors (Lipinski definition) is 3. The summed E-state index contributed by atoms with van der Waals surface area (Å²) in [5.74, 6) is -1.66. The molecule has 3 aromatic carbocycles. The minimum Gasteiger partial charge on any atom is -0.480 e. The molecule has 6 heteroatoms. The van der Waals surface area contributed by atoms with Crippen LogP contribution < -0.4 is 11.1 Å². The van der Waals surface area contributed by atoms with Crippen LogP contribution in [0, 0.1) is 0 Å². The number of benzene rings is 3. The van der Waals surface area contributed by atoms with Gasteiger partial charge in [0, 0.05) is 17.7 Å². The monoisotopic (exact) mass is 437 g/mol. The van der Waals surface area contributed by atoms with Crippen molar-refractivity contribution in [3.63, 3.8) is 0 Å². The van der Waals surface area contributed by atoms with E-state index in [2.05, 4.69) is 10.3 Å². The smallest absolute Gasteiger partial charge is 0.326 e. The number of carbonyl (C=O) groups excluding carboxylic acids is 1. The maximum Gasteiger partial charge on any atom is 0.326 e. The molecule has 0 radical (unpaired) electrons. The van der Waals surface area contributed by atoms with Crippen molar-refractivity contribution in [3.05, 3.63) is 108 Å². The summed E-state index contributed by atoms with van der Waals surface area (Å²) in [6, 6.07) is 28.7. The Balaban J connectivity index is 1.48. The Labute approximate surface area is 191 Å². The second-order valence-electron chi connectivity index (χ2n) is 7.66. The molecule has 0 spiro atoms. The molecule has 0 saturated carbocycles. The topological polar surface area (TPSA) is 105 Å². The van der Waals surface area contributed by atoms with Crippen LogP contribution in [0.2, 0.25) is 0 Å². The second kappa shape index (κ2) is 9.78. The molecule has 33 heavy (non-hydrogen) atoms. The van der Waals surface area contributed by atoms with Crippen molar-refractivity contribution < 1.29 is 14.7 Å². The highest BCUT2D eigenvalue weighted by atomic mass is 16.4. The van der Waals surface area contributed by atoms with Crippen molar-refractivity contribution in [1.82, 2.24) is 10.3 Å². The lowest BCUT2D eigenvalue weighted by molar-refractivity contribution is -0.139. The Bertz CT molecular complexity index is 1270. The number of carbonyl (C=O) groups is 2. The Morgan fingerprint density at radius 3 is 2.18 bits per heavy atom. The number of pyridine rings is 1. The third kappa shape index (κ3) is 5.43. The number of amides is 1. The fourth-order valence-electron chi connectivity index (χ4n) is 3.55. The number of nitrogens with two attached hydrogens (primary N) is 1. The van der Waals surface area contributed by atoms with Crippen molar-refractivity contribution in [2.45, 2.75) is 12.5 Å². The Morgan fingerprint density at radius 2 is 1.48 bits per heavy atom. The number of aliphatic carboxylic acids is 1. The van der Waals surface area contributed by atoms with Gasteiger partial charge in [0.25, 0.3) is 5.91 Å². The Hall–Kier alpha value is -4.45. The van der Waals surface area contributed by atoms with E-state index in [1.54, 1.807) is 30.3 Å². The predicted molar refractivity (Wildman–Crippen MR) is 129 cm³/mol. The number of carboxylic acid groups (broad SMARTS) is 1. The fraction of sp³-hybridized carbons (Fsp3) is 0.0741. The normalized spacial score (nSPS) is 11.5. The molecule has 1 heterocycles. The van der Waals surface area contributed by atoms with Gasteiger partial charge >= 0.3 is 5.97 Å². The van der Waals surface area contributed by atoms with Gasteiger partial charge in [0.1, 0.15) is 11.7 Å². The molecule has 1 amide bonds. The van der Waals surface area contributed by atoms with Crippen LogP contribution in [0.15, 0.2) is 97.1 Å². The summed E-state index contributed by atoms with van der Waals surface area (Å²) in [7, 11) is 0. The third-order valence-corrected chi connectivity index (χ3v) is 5.27. The summed E-state index contributed by atoms with van der Waals surface area (Å²) >= 11 is 0. The van der Waals surface area contributed by atoms with Gasteiger partial charge in [-0.25, -0.2) is 9.78 Å². The van der Waals surface area contributed by atoms with E-state index in [4.69, 9.17) is 5.73 Å². The molecule has 4 aromatic rings. The number of hydrogen-bond acceptors (Lipinski definition) is 4. The number of nitrogens with zero attached hydrogens (tertiary/aromatic N) is 1. The first-order valence-electron chi connectivity index (χ1n) is 10.5. The summed E-state index contributed by atoms with van der Waals surface area (Å²) in [6.07, 6.45) is 0.158. The molecule has 0 fully saturated rings. The molecular formula is C27H23N3O3. The van der Waals surface area contributed by atoms with E-state index >= 15 is 0 Å². The maximum atomic E-state index is 12.8. The van der Waals surface area contributed by atoms with Crippen molar-refractivity contribution in [2.75, 3.05) is 5.73 Å². The molecule has 0 unspecified atom stereocenters. The van der Waals surface area contributed by atoms with E-state index < -0.39 is 17.9 Å². The second-order valence-corrected chi connectivity index (χ2v) is 7.66. The predicted octanol–water partition coefficient (Wildman–Crippen LogP) is 4.42. The van der Waals surface area contributed by atoms with Crippen molar-refractivity contribution in [1.29, 1.82) is 0 Å². The van der Waals surface area contributed by atoms with Gasteiger partial charge in [-0.15, -0.1) is 0 Å². The lowest BCUT2D eigenvalue weighted by Crippen LogP contribution is -2.42. The molecule has 1 aromatic heterocycles. The number of rotatable bonds is 7. The van der Waals surface area contributed by atoms with Crippen LogP contribution in [0.25, 0.3) is 22.4 Å². The van der Waals surface area contributed by atoms with E-state index in [-0.39, 0.29) is 12.1 Å². The minimum absolute atomic E-state index is 0.139. The summed E-state index contributed by atoms with van der Waals surface area (Å²) in [6.45, 7) is 0. The number of nitrogens with one attached hydrogen (secondary N) is 1. The first-order valence-corrected chi connectivity index (χ1v) is 10.5. The zero-order valence-electron chi connectivity index (χ0n) is 17.8. The van der Waals surface area contributed by atoms with Gasteiger partial charge in [-0.2, -0.15) is 0 Å². The fourth-order valence-corrected chi connectivity index (χ4v) is 3.55. The van der Waals surface area contributed by atoms with E-state index in [1.807, 2.05) is 66.7 Å². The SMILES string of the molecule is Nc1cccc(-c2cccc(C(=O)N[C@@H](Cc3ccc(-c4ccccc4)cc3)C(=O)O)n2)c1. The molecule has 0 aliphatic rings. The summed E-state index contributed by atoms with van der Waals surface area (Å²) < 4.78 is 0. The molecule has 4 rings (SSSR count). The van der Waals surface area contributed by atoms with Gasteiger partial charge < -0.3 is 16.2 Å². The lowest BCUT2D eigenvalue weighted by atomic mass is 10.0. The highest BCUT2D eigenvalue weighted by molar-refractivity contribution is 5.95. The van der Waals surface area contributed by atoms with Gasteiger partial charge in [0.05, 0.1) is 5.69 Å². The van der Waals surface area contributed by atoms with Crippen LogP contribution >= 0.6 is 0 Å². The van der Waals surface area contributed by atoms with Gasteiger partial charge in [-0.05, 0) is 41.0 Å². The van der Waals surface area contributed by atoms with Crippen LogP contribution in [0.5, 0.6) is 0 Å². The quantitative estimate of drug-likeness (QED) is 0.371. The van der Waals surface area contributed by atoms with Gasteiger partial charge in [0.15, 0.2) is 0 Å². The van der Waals surface area contributed by atoms with Crippen molar-refractivity contribution in [3.8, 4) is 22.4 Å². The summed E-state index contributed by atoms with van der Waals surface area (Å²) in [5.41, 5.74) is 10.9. The van der Waals surface area contributed by atoms with Gasteiger partial charge in [-0.3, -0.25) is 4.79 Å². The molecule has 6 nitrogen and oxygen atoms in total. The standard InChI is InChI=1S/C27H23N3O3/c28-22-9-4-8-21(17-22)23-10-5-11-24(29-23)26(31)30-25(27(32)33)16-18-12-14-20(15-13-18)19-6-2-1-3-7-19/h1-15,17,25H,16,28H2,(H,30,31)(H,32,33)/t25-/m0/s1. The summed E-state index contributed by atoms with van der Waals surface area (Å²) in [5, 5.41) is 12.3. The molecule has 0 bridgehead atoms. The van der Waals surface area contributed by atoms with Crippen LogP contribution in [0.4, 0.5) is 5.69 Å². The van der Waals surface area contributed by atoms with Crippen LogP contribution in [0.1, 0.15) is 16.1 Å². The molecule has 0 aliphatic carbocycles. The van der Waals surface area contributed by atoms with Crippen LogP contribution in [-0.4, -0.2) is 28.0 Å². The lowest BCUT2D eigenvalue weighted by Gasteiger charge is -2.15. The first kappa shape index (κ1) is 21.8. The highest BCUT2D eigenvalue weighted by Gasteiger charge is 2.22. The zero-order chi connectivity index (χ0) is 23.2. The minimum atomic E-state index is -1.11. The largest absolute Gasteiger partial charge is 0.480 e. The van der Waals surface area contributed by atoms with Crippen LogP contribution in [-0.2, 0) is 11.2 Å². The molecule has 1 atom stereocenters. The number of aromatic nitrogens is 1. The molecule has 164 valence electrons. The summed E-state index contributed by atoms with van der Waals surface area (Å²) in [4.78, 5) is 29.0. The van der Waals surface area contributed by atoms with Crippen LogP contribution in [0.3, 0.4) is 0 Å². The zero-order valence-corrected chi connectivity index (χ0v) is 17.8. The van der Waals surface area contributed by atoms with Gasteiger partial charge in [-0.1, -0.05) is 72.8 Å². The number of nitrogen functional groups attached to an aromatic ring is 1. The van der Waals surface area contributed by atoms with Gasteiger partial charge in [0.2, 0.25) is 0 Å². The third-order valence-electron chi connectivity index (χ3n) is 5.27. The Morgan fingerprint density at radius 1 is 0.818 bits per heavy atom. The molecule has 0 aliphatic heterocycles. The average Bonchev–Trinajstić information content (AvgIpc) is 2.84. The molecule has 4 N–H and O–H groups in total. The molecular weight excluding hydrogens is 414 g/mol. The van der Waals surface area contributed by atoms with E-state index in [0.29, 0.717) is 11.4 Å². The highest BCUT2D eigenvalue weighted by Crippen LogP contribution is 2.21. The first-order chi connectivity index (χ1) is 16.0. The van der Waals surface area contributed by atoms with E-state index in [9.17, 15) is 14.7 Å². The van der Waals surface area contributed by atoms with E-state index in [0.717, 1.165) is 22.3 Å². The van der Waals surface area contributed by atoms with Crippen molar-refractivity contribution in [2.24, 2.45) is 0 Å². The Kier molecular flexibility index (Phi) is 6.45. The van der Waals surface area contributed by atoms with E-state index in [1.165, 1.54) is 0 Å². The average molecular weight is 437 g/mol. The van der Waals surface area contributed by atoms with Crippen molar-refractivity contribution >= 4 is 17.6 Å². The maximum absolute atomic E-state index is 12.8. The number of anilines is 1. The number of carboxylic acids is 1. The molecule has 0 saturated heterocycles.